The molecule has 0 heterocycles. The Morgan fingerprint density at radius 2 is 1.62 bits per heavy atom. The lowest BCUT2D eigenvalue weighted by Gasteiger charge is -2.39. The summed E-state index contributed by atoms with van der Waals surface area (Å²) in [6.45, 7) is 13.9. The van der Waals surface area contributed by atoms with E-state index >= 15 is 0 Å². The quantitative estimate of drug-likeness (QED) is 0.687. The van der Waals surface area contributed by atoms with Gasteiger partial charge in [-0.25, -0.2) is 0 Å². The maximum atomic E-state index is 3.36. The molecule has 0 rings (SSSR count). The Morgan fingerprint density at radius 1 is 1.12 bits per heavy atom. The summed E-state index contributed by atoms with van der Waals surface area (Å²) in [4.78, 5) is 2.52. The van der Waals surface area contributed by atoms with Crippen LogP contribution in [-0.2, 0) is 0 Å². The highest BCUT2D eigenvalue weighted by Gasteiger charge is 2.28. The highest BCUT2D eigenvalue weighted by Crippen LogP contribution is 2.27. The predicted octanol–water partition coefficient (Wildman–Crippen LogP) is 2.99. The van der Waals surface area contributed by atoms with E-state index in [2.05, 4.69) is 58.9 Å². The molecule has 0 fully saturated rings. The van der Waals surface area contributed by atoms with Crippen LogP contribution < -0.4 is 5.32 Å². The Hall–Kier alpha value is -0.0800. The van der Waals surface area contributed by atoms with Gasteiger partial charge in [-0.05, 0) is 45.2 Å². The second-order valence-corrected chi connectivity index (χ2v) is 5.64. The van der Waals surface area contributed by atoms with Gasteiger partial charge in [0, 0.05) is 19.1 Å². The molecule has 0 amide bonds. The second kappa shape index (κ2) is 7.29. The molecule has 1 unspecified atom stereocenters. The van der Waals surface area contributed by atoms with Crippen LogP contribution in [-0.4, -0.2) is 38.1 Å². The fourth-order valence-electron chi connectivity index (χ4n) is 2.34. The van der Waals surface area contributed by atoms with Crippen molar-refractivity contribution in [3.05, 3.63) is 0 Å². The van der Waals surface area contributed by atoms with Gasteiger partial charge in [-0.2, -0.15) is 0 Å². The van der Waals surface area contributed by atoms with Crippen LogP contribution in [0.5, 0.6) is 0 Å². The fourth-order valence-corrected chi connectivity index (χ4v) is 2.34. The first-order chi connectivity index (χ1) is 7.42. The Labute approximate surface area is 103 Å². The first-order valence-corrected chi connectivity index (χ1v) is 6.77. The van der Waals surface area contributed by atoms with Crippen LogP contribution in [0.15, 0.2) is 0 Å². The van der Waals surface area contributed by atoms with Gasteiger partial charge >= 0.3 is 0 Å². The molecule has 0 saturated carbocycles. The van der Waals surface area contributed by atoms with Crippen LogP contribution in [0.4, 0.5) is 0 Å². The summed E-state index contributed by atoms with van der Waals surface area (Å²) in [5.74, 6) is 0.728. The molecule has 0 aliphatic heterocycles. The smallest absolute Gasteiger partial charge is 0.00871 e. The summed E-state index contributed by atoms with van der Waals surface area (Å²) >= 11 is 0. The monoisotopic (exact) mass is 228 g/mol. The third-order valence-corrected chi connectivity index (χ3v) is 4.30. The van der Waals surface area contributed by atoms with Crippen molar-refractivity contribution >= 4 is 0 Å². The molecule has 0 bridgehead atoms. The molecule has 0 radical (unpaired) electrons. The van der Waals surface area contributed by atoms with Crippen LogP contribution in [0.2, 0.25) is 0 Å². The van der Waals surface area contributed by atoms with Crippen LogP contribution >= 0.6 is 0 Å². The molecule has 0 aromatic carbocycles. The van der Waals surface area contributed by atoms with Gasteiger partial charge in [-0.15, -0.1) is 0 Å². The molecule has 1 N–H and O–H groups in total. The average Bonchev–Trinajstić information content (AvgIpc) is 2.26. The number of nitrogens with one attached hydrogen (secondary N) is 1. The molecular formula is C14H32N2. The highest BCUT2D eigenvalue weighted by molar-refractivity contribution is 4.83. The van der Waals surface area contributed by atoms with E-state index in [0.29, 0.717) is 11.5 Å². The van der Waals surface area contributed by atoms with Crippen molar-refractivity contribution in [3.8, 4) is 0 Å². The van der Waals surface area contributed by atoms with Gasteiger partial charge in [0.1, 0.15) is 0 Å². The van der Waals surface area contributed by atoms with Crippen molar-refractivity contribution < 1.29 is 0 Å². The van der Waals surface area contributed by atoms with Gasteiger partial charge in [0.15, 0.2) is 0 Å². The molecule has 0 aromatic heterocycles. The SMILES string of the molecule is CCC(CC)(CNC)CN(C)C(C)C(C)C. The number of nitrogens with zero attached hydrogens (tertiary/aromatic N) is 1. The Morgan fingerprint density at radius 3 is 1.94 bits per heavy atom. The van der Waals surface area contributed by atoms with Crippen molar-refractivity contribution in [3.63, 3.8) is 0 Å². The minimum absolute atomic E-state index is 0.437. The van der Waals surface area contributed by atoms with Gasteiger partial charge in [0.25, 0.3) is 0 Å². The molecule has 0 spiro atoms. The van der Waals surface area contributed by atoms with E-state index in [1.807, 2.05) is 0 Å². The van der Waals surface area contributed by atoms with Gasteiger partial charge in [0.05, 0.1) is 0 Å². The normalized spacial score (nSPS) is 14.8. The minimum Gasteiger partial charge on any atom is -0.319 e. The first kappa shape index (κ1) is 15.9. The minimum atomic E-state index is 0.437. The molecule has 0 aliphatic rings. The lowest BCUT2D eigenvalue weighted by atomic mass is 9.81. The highest BCUT2D eigenvalue weighted by atomic mass is 15.1. The van der Waals surface area contributed by atoms with Crippen molar-refractivity contribution in [2.45, 2.75) is 53.5 Å². The summed E-state index contributed by atoms with van der Waals surface area (Å²) in [6.07, 6.45) is 2.50. The van der Waals surface area contributed by atoms with Crippen molar-refractivity contribution in [1.82, 2.24) is 10.2 Å². The predicted molar refractivity (Wildman–Crippen MR) is 73.9 cm³/mol. The summed E-state index contributed by atoms with van der Waals surface area (Å²) in [7, 11) is 4.33. The first-order valence-electron chi connectivity index (χ1n) is 6.77. The summed E-state index contributed by atoms with van der Waals surface area (Å²) in [6, 6.07) is 0.661. The Balaban J connectivity index is 4.49. The lowest BCUT2D eigenvalue weighted by Crippen LogP contribution is -2.45. The molecule has 0 aliphatic carbocycles. The molecular weight excluding hydrogens is 196 g/mol. The molecule has 1 atom stereocenters. The van der Waals surface area contributed by atoms with Gasteiger partial charge in [0.2, 0.25) is 0 Å². The maximum absolute atomic E-state index is 3.36. The lowest BCUT2D eigenvalue weighted by molar-refractivity contribution is 0.110. The van der Waals surface area contributed by atoms with Crippen molar-refractivity contribution in [2.75, 3.05) is 27.2 Å². The Kier molecular flexibility index (Phi) is 7.25. The molecule has 98 valence electrons. The fraction of sp³-hybridized carbons (Fsp3) is 1.00. The van der Waals surface area contributed by atoms with E-state index in [0.717, 1.165) is 12.5 Å². The number of rotatable bonds is 8. The van der Waals surface area contributed by atoms with Crippen molar-refractivity contribution in [2.24, 2.45) is 11.3 Å². The van der Waals surface area contributed by atoms with Gasteiger partial charge < -0.3 is 10.2 Å². The number of hydrogen-bond acceptors (Lipinski definition) is 2. The van der Waals surface area contributed by atoms with Gasteiger partial charge in [-0.1, -0.05) is 27.7 Å². The van der Waals surface area contributed by atoms with E-state index in [1.54, 1.807) is 0 Å². The second-order valence-electron chi connectivity index (χ2n) is 5.64. The molecule has 2 heteroatoms. The standard InChI is InChI=1S/C14H32N2/c1-8-14(9-2,10-15-6)11-16(7)13(5)12(3)4/h12-13,15H,8-11H2,1-7H3. The zero-order valence-corrected chi connectivity index (χ0v) is 12.4. The van der Waals surface area contributed by atoms with E-state index < -0.39 is 0 Å². The summed E-state index contributed by atoms with van der Waals surface area (Å²) in [5, 5.41) is 3.36. The average molecular weight is 228 g/mol. The summed E-state index contributed by atoms with van der Waals surface area (Å²) in [5.41, 5.74) is 0.437. The van der Waals surface area contributed by atoms with Crippen LogP contribution in [0.1, 0.15) is 47.5 Å². The third-order valence-electron chi connectivity index (χ3n) is 4.30. The maximum Gasteiger partial charge on any atom is 0.00871 e. The van der Waals surface area contributed by atoms with E-state index in [1.165, 1.54) is 19.4 Å². The summed E-state index contributed by atoms with van der Waals surface area (Å²) < 4.78 is 0. The largest absolute Gasteiger partial charge is 0.319 e. The molecule has 16 heavy (non-hydrogen) atoms. The molecule has 0 saturated heterocycles. The zero-order chi connectivity index (χ0) is 12.8. The Bertz CT molecular complexity index is 174. The van der Waals surface area contributed by atoms with Crippen LogP contribution in [0.25, 0.3) is 0 Å². The van der Waals surface area contributed by atoms with Crippen molar-refractivity contribution in [1.29, 1.82) is 0 Å². The van der Waals surface area contributed by atoms with E-state index in [4.69, 9.17) is 0 Å². The topological polar surface area (TPSA) is 15.3 Å². The van der Waals surface area contributed by atoms with E-state index in [9.17, 15) is 0 Å². The molecule has 0 aromatic rings. The van der Waals surface area contributed by atoms with E-state index in [-0.39, 0.29) is 0 Å². The van der Waals surface area contributed by atoms with Crippen LogP contribution in [0.3, 0.4) is 0 Å². The molecule has 2 nitrogen and oxygen atoms in total. The zero-order valence-electron chi connectivity index (χ0n) is 12.4. The van der Waals surface area contributed by atoms with Crippen LogP contribution in [0, 0.1) is 11.3 Å². The third kappa shape index (κ3) is 4.42. The number of hydrogen-bond donors (Lipinski definition) is 1. The van der Waals surface area contributed by atoms with Gasteiger partial charge in [-0.3, -0.25) is 0 Å².